The van der Waals surface area contributed by atoms with E-state index in [0.717, 1.165) is 38.9 Å². The highest BCUT2D eigenvalue weighted by molar-refractivity contribution is 6.04. The predicted octanol–water partition coefficient (Wildman–Crippen LogP) is 2.68. The summed E-state index contributed by atoms with van der Waals surface area (Å²) in [6.07, 6.45) is 9.05. The molecule has 0 aromatic carbocycles. The molecule has 5 heterocycles. The minimum Gasteiger partial charge on any atom is -0.381 e. The average molecular weight is 436 g/mol. The van der Waals surface area contributed by atoms with E-state index in [1.165, 1.54) is 5.56 Å². The van der Waals surface area contributed by atoms with Gasteiger partial charge in [0, 0.05) is 51.4 Å². The fourth-order valence-electron chi connectivity index (χ4n) is 4.92. The van der Waals surface area contributed by atoms with E-state index in [1.54, 1.807) is 11.1 Å². The van der Waals surface area contributed by atoms with Crippen molar-refractivity contribution in [1.29, 1.82) is 0 Å². The summed E-state index contributed by atoms with van der Waals surface area (Å²) in [7, 11) is 0. The van der Waals surface area contributed by atoms with Gasteiger partial charge in [-0.1, -0.05) is 0 Å². The summed E-state index contributed by atoms with van der Waals surface area (Å²) in [5.74, 6) is 1.54. The summed E-state index contributed by atoms with van der Waals surface area (Å²) in [5.41, 5.74) is 2.54. The monoisotopic (exact) mass is 435 g/mol. The first-order valence-corrected chi connectivity index (χ1v) is 11.5. The van der Waals surface area contributed by atoms with Crippen LogP contribution < -0.4 is 10.2 Å². The molecule has 3 aliphatic heterocycles. The highest BCUT2D eigenvalue weighted by Gasteiger charge is 2.30. The molecule has 1 N–H and O–H groups in total. The topological polar surface area (TPSA) is 87.7 Å². The largest absolute Gasteiger partial charge is 0.381 e. The zero-order chi connectivity index (χ0) is 21.9. The van der Waals surface area contributed by atoms with Crippen molar-refractivity contribution in [2.75, 3.05) is 49.6 Å². The standard InChI is InChI=1S/C24H29N5O3/c30-22-15-27-23-21(29(22)16-17-5-11-32-12-6-17)13-20(14-26-23)24(31)28-9-3-19(4-10-28)18-1-7-25-8-2-18/h1-2,7-8,13-14,17,19H,3-6,9-12,15-16H2,(H,26,27). The molecule has 32 heavy (non-hydrogen) atoms. The van der Waals surface area contributed by atoms with Crippen molar-refractivity contribution >= 4 is 23.3 Å². The first-order chi connectivity index (χ1) is 15.7. The minimum atomic E-state index is -0.0162. The van der Waals surface area contributed by atoms with Crippen molar-refractivity contribution in [3.05, 3.63) is 47.9 Å². The van der Waals surface area contributed by atoms with Gasteiger partial charge in [0.25, 0.3) is 5.91 Å². The van der Waals surface area contributed by atoms with Gasteiger partial charge in [0.1, 0.15) is 5.82 Å². The summed E-state index contributed by atoms with van der Waals surface area (Å²) in [5, 5.41) is 3.09. The van der Waals surface area contributed by atoms with E-state index in [4.69, 9.17) is 4.74 Å². The van der Waals surface area contributed by atoms with Gasteiger partial charge >= 0.3 is 0 Å². The van der Waals surface area contributed by atoms with Crippen molar-refractivity contribution in [3.63, 3.8) is 0 Å². The van der Waals surface area contributed by atoms with Crippen LogP contribution in [0.25, 0.3) is 0 Å². The zero-order valence-electron chi connectivity index (χ0n) is 18.2. The summed E-state index contributed by atoms with van der Waals surface area (Å²) in [6, 6.07) is 5.96. The third-order valence-corrected chi connectivity index (χ3v) is 6.85. The molecule has 2 fully saturated rings. The lowest BCUT2D eigenvalue weighted by atomic mass is 9.90. The molecule has 2 aromatic rings. The number of carbonyl (C=O) groups excluding carboxylic acids is 2. The van der Waals surface area contributed by atoms with E-state index >= 15 is 0 Å². The third-order valence-electron chi connectivity index (χ3n) is 6.85. The molecule has 0 aliphatic carbocycles. The van der Waals surface area contributed by atoms with Crippen molar-refractivity contribution in [2.24, 2.45) is 5.92 Å². The number of piperidine rings is 1. The summed E-state index contributed by atoms with van der Waals surface area (Å²) >= 11 is 0. The molecule has 0 saturated carbocycles. The van der Waals surface area contributed by atoms with Crippen LogP contribution in [0.3, 0.4) is 0 Å². The number of likely N-dealkylation sites (tertiary alicyclic amines) is 1. The molecule has 0 atom stereocenters. The van der Waals surface area contributed by atoms with Crippen LogP contribution >= 0.6 is 0 Å². The number of carbonyl (C=O) groups is 2. The molecule has 2 aromatic heterocycles. The Labute approximate surface area is 188 Å². The molecule has 0 radical (unpaired) electrons. The van der Waals surface area contributed by atoms with Crippen LogP contribution in [0.4, 0.5) is 11.5 Å². The van der Waals surface area contributed by atoms with Gasteiger partial charge in [-0.15, -0.1) is 0 Å². The maximum atomic E-state index is 13.2. The molecule has 0 bridgehead atoms. The van der Waals surface area contributed by atoms with Gasteiger partial charge in [0.05, 0.1) is 17.8 Å². The number of ether oxygens (including phenoxy) is 1. The van der Waals surface area contributed by atoms with Crippen molar-refractivity contribution in [3.8, 4) is 0 Å². The normalized spacial score (nSPS) is 20.1. The Kier molecular flexibility index (Phi) is 6.03. The van der Waals surface area contributed by atoms with Gasteiger partial charge in [-0.3, -0.25) is 14.6 Å². The van der Waals surface area contributed by atoms with Crippen molar-refractivity contribution in [1.82, 2.24) is 14.9 Å². The van der Waals surface area contributed by atoms with Gasteiger partial charge in [-0.05, 0) is 61.3 Å². The highest BCUT2D eigenvalue weighted by Crippen LogP contribution is 2.32. The fourth-order valence-corrected chi connectivity index (χ4v) is 4.92. The molecule has 3 aliphatic rings. The Bertz CT molecular complexity index is 969. The predicted molar refractivity (Wildman–Crippen MR) is 121 cm³/mol. The second kappa shape index (κ2) is 9.24. The van der Waals surface area contributed by atoms with E-state index in [-0.39, 0.29) is 18.4 Å². The molecular formula is C24H29N5O3. The number of fused-ring (bicyclic) bond motifs is 1. The number of nitrogens with zero attached hydrogens (tertiary/aromatic N) is 4. The summed E-state index contributed by atoms with van der Waals surface area (Å²) < 4.78 is 5.46. The van der Waals surface area contributed by atoms with Gasteiger partial charge in [0.15, 0.2) is 0 Å². The van der Waals surface area contributed by atoms with Gasteiger partial charge < -0.3 is 19.9 Å². The molecule has 8 nitrogen and oxygen atoms in total. The van der Waals surface area contributed by atoms with Gasteiger partial charge in [-0.2, -0.15) is 0 Å². The number of rotatable bonds is 4. The maximum absolute atomic E-state index is 13.2. The number of hydrogen-bond donors (Lipinski definition) is 1. The number of anilines is 2. The maximum Gasteiger partial charge on any atom is 0.255 e. The quantitative estimate of drug-likeness (QED) is 0.795. The van der Waals surface area contributed by atoms with E-state index in [1.807, 2.05) is 23.4 Å². The number of aromatic nitrogens is 2. The molecule has 8 heteroatoms. The Hall–Kier alpha value is -3.00. The van der Waals surface area contributed by atoms with E-state index in [0.29, 0.717) is 48.5 Å². The summed E-state index contributed by atoms with van der Waals surface area (Å²) in [6.45, 7) is 3.79. The first-order valence-electron chi connectivity index (χ1n) is 11.5. The molecular weight excluding hydrogens is 406 g/mol. The van der Waals surface area contributed by atoms with E-state index in [9.17, 15) is 9.59 Å². The lowest BCUT2D eigenvalue weighted by Crippen LogP contribution is -2.44. The molecule has 0 spiro atoms. The van der Waals surface area contributed by atoms with Crippen LogP contribution in [0.5, 0.6) is 0 Å². The lowest BCUT2D eigenvalue weighted by Gasteiger charge is -2.35. The molecule has 2 saturated heterocycles. The van der Waals surface area contributed by atoms with Crippen LogP contribution in [0.15, 0.2) is 36.8 Å². The number of pyridine rings is 2. The zero-order valence-corrected chi connectivity index (χ0v) is 18.2. The third kappa shape index (κ3) is 4.32. The van der Waals surface area contributed by atoms with Gasteiger partial charge in [0.2, 0.25) is 5.91 Å². The Morgan fingerprint density at radius 2 is 1.88 bits per heavy atom. The average Bonchev–Trinajstić information content (AvgIpc) is 2.86. The van der Waals surface area contributed by atoms with Crippen LogP contribution in [-0.2, 0) is 9.53 Å². The molecule has 168 valence electrons. The SMILES string of the molecule is O=C(c1cnc2c(c1)N(CC1CCOCC1)C(=O)CN2)N1CCC(c2ccncc2)CC1. The number of nitrogens with one attached hydrogen (secondary N) is 1. The lowest BCUT2D eigenvalue weighted by molar-refractivity contribution is -0.117. The molecule has 2 amide bonds. The summed E-state index contributed by atoms with van der Waals surface area (Å²) in [4.78, 5) is 38.2. The molecule has 0 unspecified atom stereocenters. The van der Waals surface area contributed by atoms with Crippen LogP contribution in [-0.4, -0.2) is 66.1 Å². The Morgan fingerprint density at radius 1 is 1.12 bits per heavy atom. The van der Waals surface area contributed by atoms with Crippen molar-refractivity contribution in [2.45, 2.75) is 31.6 Å². The Morgan fingerprint density at radius 3 is 2.62 bits per heavy atom. The van der Waals surface area contributed by atoms with Crippen molar-refractivity contribution < 1.29 is 14.3 Å². The van der Waals surface area contributed by atoms with E-state index < -0.39 is 0 Å². The second-order valence-corrected chi connectivity index (χ2v) is 8.85. The highest BCUT2D eigenvalue weighted by atomic mass is 16.5. The fraction of sp³-hybridized carbons (Fsp3) is 0.500. The smallest absolute Gasteiger partial charge is 0.255 e. The molecule has 5 rings (SSSR count). The second-order valence-electron chi connectivity index (χ2n) is 8.85. The van der Waals surface area contributed by atoms with Crippen LogP contribution in [0.1, 0.15) is 47.5 Å². The first kappa shape index (κ1) is 20.9. The van der Waals surface area contributed by atoms with E-state index in [2.05, 4.69) is 27.4 Å². The number of amides is 2. The van der Waals surface area contributed by atoms with Gasteiger partial charge in [-0.25, -0.2) is 4.98 Å². The Balaban J connectivity index is 1.29. The van der Waals surface area contributed by atoms with Crippen LogP contribution in [0, 0.1) is 5.92 Å². The number of hydrogen-bond acceptors (Lipinski definition) is 6. The van der Waals surface area contributed by atoms with Crippen LogP contribution in [0.2, 0.25) is 0 Å². The minimum absolute atomic E-state index is 0.0162.